The number of likely N-dealkylation sites (N-methyl/N-ethyl adjacent to an activating group) is 1. The minimum Gasteiger partial charge on any atom is -0.477 e. The largest absolute Gasteiger partial charge is 0.477 e. The van der Waals surface area contributed by atoms with Crippen LogP contribution in [-0.2, 0) is 33.3 Å². The molecule has 0 fully saturated rings. The molecule has 0 saturated heterocycles. The molecule has 562 valence electrons. The van der Waals surface area contributed by atoms with Crippen molar-refractivity contribution >= 4 is 17.9 Å². The molecule has 1 N–H and O–H groups in total. The van der Waals surface area contributed by atoms with Crippen LogP contribution in [0.25, 0.3) is 0 Å². The smallest absolute Gasteiger partial charge is 0.361 e. The third-order valence-corrected chi connectivity index (χ3v) is 19.0. The zero-order valence-electron chi connectivity index (χ0n) is 64.6. The highest BCUT2D eigenvalue weighted by atomic mass is 16.7. The lowest BCUT2D eigenvalue weighted by Gasteiger charge is -2.25. The summed E-state index contributed by atoms with van der Waals surface area (Å²) in [5.41, 5.74) is 0. The van der Waals surface area contributed by atoms with Crippen LogP contribution in [0.15, 0.2) is 60.8 Å². The second-order valence-electron chi connectivity index (χ2n) is 29.8. The molecule has 0 aliphatic carbocycles. The minimum absolute atomic E-state index is 0.177. The van der Waals surface area contributed by atoms with Crippen LogP contribution in [0.5, 0.6) is 0 Å². The van der Waals surface area contributed by atoms with E-state index in [1.54, 1.807) is 0 Å². The molecule has 0 bridgehead atoms. The van der Waals surface area contributed by atoms with E-state index in [0.29, 0.717) is 17.4 Å². The number of rotatable bonds is 79. The summed E-state index contributed by atoms with van der Waals surface area (Å²) in [7, 11) is 6.00. The van der Waals surface area contributed by atoms with Crippen molar-refractivity contribution in [2.45, 2.75) is 431 Å². The molecule has 0 heterocycles. The van der Waals surface area contributed by atoms with E-state index in [0.717, 1.165) is 70.6 Å². The summed E-state index contributed by atoms with van der Waals surface area (Å²) < 4.78 is 23.1. The molecule has 0 aromatic heterocycles. The first-order valence-electron chi connectivity index (χ1n) is 42.0. The van der Waals surface area contributed by atoms with E-state index in [2.05, 4.69) is 74.6 Å². The summed E-state index contributed by atoms with van der Waals surface area (Å²) >= 11 is 0. The van der Waals surface area contributed by atoms with Gasteiger partial charge in [0.15, 0.2) is 6.10 Å². The molecule has 0 spiro atoms. The number of unbranched alkanes of at least 4 members (excludes halogenated alkanes) is 54. The van der Waals surface area contributed by atoms with Gasteiger partial charge in [-0.25, -0.2) is 4.79 Å². The van der Waals surface area contributed by atoms with E-state index in [1.165, 1.54) is 321 Å². The predicted molar refractivity (Wildman–Crippen MR) is 415 cm³/mol. The third-order valence-electron chi connectivity index (χ3n) is 19.0. The van der Waals surface area contributed by atoms with Crippen LogP contribution in [-0.4, -0.2) is 87.4 Å². The van der Waals surface area contributed by atoms with Crippen LogP contribution in [0.4, 0.5) is 0 Å². The Morgan fingerprint density at radius 2 is 0.594 bits per heavy atom. The number of esters is 2. The number of allylic oxidation sites excluding steroid dienone is 10. The number of quaternary nitrogens is 1. The first-order chi connectivity index (χ1) is 47.1. The number of hydrogen-bond acceptors (Lipinski definition) is 7. The summed E-state index contributed by atoms with van der Waals surface area (Å²) in [5, 5.41) is 9.78. The number of carboxylic acids is 1. The van der Waals surface area contributed by atoms with Crippen LogP contribution in [0.1, 0.15) is 418 Å². The lowest BCUT2D eigenvalue weighted by molar-refractivity contribution is -0.870. The number of carbonyl (C=O) groups is 3. The lowest BCUT2D eigenvalue weighted by atomic mass is 10.0. The Bertz CT molecular complexity index is 1760. The fourth-order valence-electron chi connectivity index (χ4n) is 12.7. The second-order valence-corrected chi connectivity index (χ2v) is 29.8. The highest BCUT2D eigenvalue weighted by molar-refractivity contribution is 5.71. The zero-order chi connectivity index (χ0) is 69.7. The summed E-state index contributed by atoms with van der Waals surface area (Å²) in [5.74, 6) is -1.97. The number of aliphatic carboxylic acids is 1. The highest BCUT2D eigenvalue weighted by Gasteiger charge is 2.25. The van der Waals surface area contributed by atoms with Crippen molar-refractivity contribution < 1.29 is 42.9 Å². The molecule has 0 aliphatic rings. The Kier molecular flexibility index (Phi) is 75.3. The topological polar surface area (TPSA) is 108 Å². The van der Waals surface area contributed by atoms with Gasteiger partial charge in [0, 0.05) is 12.8 Å². The predicted octanol–water partition coefficient (Wildman–Crippen LogP) is 27.0. The molecule has 96 heavy (non-hydrogen) atoms. The lowest BCUT2D eigenvalue weighted by Crippen LogP contribution is -2.40. The van der Waals surface area contributed by atoms with Gasteiger partial charge in [0.1, 0.15) is 13.2 Å². The first kappa shape index (κ1) is 93.0. The standard InChI is InChI=1S/C87H161NO8/c1-6-8-10-12-14-16-18-20-22-24-26-28-30-32-34-36-38-40-41-42-43-44-46-47-49-51-53-55-57-59-61-63-65-67-69-71-73-75-77-84(89)94-81-83(82-95-87(86(91)92)93-80-79-88(3,4)5)96-85(90)78-76-74-72-70-68-66-64-62-60-58-56-54-52-50-48-45-39-37-35-33-31-29-27-25-23-21-19-17-15-13-11-9-7-2/h9,11,15,17,21,23,27,29,33,35,83,87H,6-8,10,12-14,16,18-20,22,24-26,28,30-32,34,36-82H2,1-5H3/p+1/b11-9-,17-15-,23-21-,29-27-,35-33-. The van der Waals surface area contributed by atoms with Crippen molar-refractivity contribution in [3.63, 3.8) is 0 Å². The molecular weight excluding hydrogens is 1190 g/mol. The van der Waals surface area contributed by atoms with E-state index in [9.17, 15) is 19.5 Å². The molecule has 0 saturated carbocycles. The van der Waals surface area contributed by atoms with E-state index >= 15 is 0 Å². The van der Waals surface area contributed by atoms with Crippen LogP contribution in [0.3, 0.4) is 0 Å². The Morgan fingerprint density at radius 3 is 0.885 bits per heavy atom. The Hall–Kier alpha value is -3.01. The van der Waals surface area contributed by atoms with Gasteiger partial charge in [0.2, 0.25) is 0 Å². The fourth-order valence-corrected chi connectivity index (χ4v) is 12.7. The van der Waals surface area contributed by atoms with Gasteiger partial charge in [-0.3, -0.25) is 9.59 Å². The Balaban J connectivity index is 3.94. The molecule has 0 aromatic carbocycles. The molecule has 9 heteroatoms. The molecule has 0 aromatic rings. The van der Waals surface area contributed by atoms with Gasteiger partial charge >= 0.3 is 17.9 Å². The minimum atomic E-state index is -1.51. The van der Waals surface area contributed by atoms with Crippen molar-refractivity contribution in [2.24, 2.45) is 0 Å². The second kappa shape index (κ2) is 77.7. The van der Waals surface area contributed by atoms with E-state index in [1.807, 2.05) is 21.1 Å². The number of carbonyl (C=O) groups excluding carboxylic acids is 2. The Labute approximate surface area is 596 Å². The molecule has 2 unspecified atom stereocenters. The van der Waals surface area contributed by atoms with Crippen LogP contribution >= 0.6 is 0 Å². The normalized spacial score (nSPS) is 12.9. The molecule has 0 amide bonds. The van der Waals surface area contributed by atoms with Gasteiger partial charge in [-0.2, -0.15) is 0 Å². The number of carboxylic acid groups (broad SMARTS) is 1. The van der Waals surface area contributed by atoms with Crippen LogP contribution in [0, 0.1) is 0 Å². The van der Waals surface area contributed by atoms with Gasteiger partial charge in [-0.05, 0) is 57.8 Å². The zero-order valence-corrected chi connectivity index (χ0v) is 64.6. The van der Waals surface area contributed by atoms with Crippen LogP contribution < -0.4 is 0 Å². The SMILES string of the molecule is CC/C=C\C/C=C\C/C=C\C/C=C\C/C=C\CCCCCCCCCCCCCCCCCCCC(=O)OC(COC(=O)CCCCCCCCCCCCCCCCCCCCCCCCCCCCCCCCCCCCCCCC)COC(OCC[N+](C)(C)C)C(=O)O. The first-order valence-corrected chi connectivity index (χ1v) is 42.0. The molecule has 9 nitrogen and oxygen atoms in total. The fraction of sp³-hybridized carbons (Fsp3) is 0.851. The maximum atomic E-state index is 13.0. The molecule has 0 aliphatic heterocycles. The number of ether oxygens (including phenoxy) is 4. The quantitative estimate of drug-likeness (QED) is 0.0211. The van der Waals surface area contributed by atoms with Crippen molar-refractivity contribution in [3.05, 3.63) is 60.8 Å². The van der Waals surface area contributed by atoms with E-state index < -0.39 is 18.4 Å². The molecular formula is C87H162NO8+. The average Bonchev–Trinajstić information content (AvgIpc) is 2.40. The van der Waals surface area contributed by atoms with Crippen molar-refractivity contribution in [1.82, 2.24) is 0 Å². The average molecular weight is 1350 g/mol. The highest BCUT2D eigenvalue weighted by Crippen LogP contribution is 2.20. The number of nitrogens with zero attached hydrogens (tertiary/aromatic N) is 1. The van der Waals surface area contributed by atoms with Crippen molar-refractivity contribution in [1.29, 1.82) is 0 Å². The number of hydrogen-bond donors (Lipinski definition) is 1. The van der Waals surface area contributed by atoms with Gasteiger partial charge in [-0.1, -0.05) is 408 Å². The summed E-state index contributed by atoms with van der Waals surface area (Å²) in [6.45, 7) is 4.84. The maximum absolute atomic E-state index is 13.0. The molecule has 0 radical (unpaired) electrons. The molecule has 2 atom stereocenters. The van der Waals surface area contributed by atoms with Crippen molar-refractivity contribution in [2.75, 3.05) is 47.5 Å². The Morgan fingerprint density at radius 1 is 0.323 bits per heavy atom. The van der Waals surface area contributed by atoms with Crippen LogP contribution in [0.2, 0.25) is 0 Å². The van der Waals surface area contributed by atoms with Gasteiger partial charge in [-0.15, -0.1) is 0 Å². The summed E-state index contributed by atoms with van der Waals surface area (Å²) in [6, 6.07) is 0. The monoisotopic (exact) mass is 1350 g/mol. The third kappa shape index (κ3) is 78.3. The van der Waals surface area contributed by atoms with Gasteiger partial charge < -0.3 is 28.5 Å². The summed E-state index contributed by atoms with van der Waals surface area (Å²) in [6.07, 6.45) is 101. The van der Waals surface area contributed by atoms with E-state index in [4.69, 9.17) is 18.9 Å². The summed E-state index contributed by atoms with van der Waals surface area (Å²) in [4.78, 5) is 37.8. The van der Waals surface area contributed by atoms with Gasteiger partial charge in [0.25, 0.3) is 6.29 Å². The van der Waals surface area contributed by atoms with E-state index in [-0.39, 0.29) is 38.2 Å². The van der Waals surface area contributed by atoms with Crippen molar-refractivity contribution in [3.8, 4) is 0 Å². The van der Waals surface area contributed by atoms with Gasteiger partial charge in [0.05, 0.1) is 34.4 Å². The maximum Gasteiger partial charge on any atom is 0.361 e. The molecule has 0 rings (SSSR count).